The number of pyridine rings is 1. The molecule has 36 heavy (non-hydrogen) atoms. The first-order valence-electron chi connectivity index (χ1n) is 11.7. The zero-order valence-electron chi connectivity index (χ0n) is 19.8. The van der Waals surface area contributed by atoms with Crippen LogP contribution in [0.15, 0.2) is 46.0 Å². The lowest BCUT2D eigenvalue weighted by Crippen LogP contribution is -2.38. The van der Waals surface area contributed by atoms with E-state index in [0.29, 0.717) is 28.3 Å². The molecular formula is C25H26N6O3S2. The molecule has 11 heteroatoms. The van der Waals surface area contributed by atoms with E-state index in [9.17, 15) is 9.59 Å². The predicted octanol–water partition coefficient (Wildman–Crippen LogP) is 3.94. The van der Waals surface area contributed by atoms with Gasteiger partial charge in [0.1, 0.15) is 0 Å². The van der Waals surface area contributed by atoms with Gasteiger partial charge in [-0.25, -0.2) is 4.98 Å². The summed E-state index contributed by atoms with van der Waals surface area (Å²) in [6.07, 6.45) is 3.62. The van der Waals surface area contributed by atoms with Crippen molar-refractivity contribution in [2.24, 2.45) is 5.92 Å². The van der Waals surface area contributed by atoms with Crippen molar-refractivity contribution in [3.05, 3.63) is 57.4 Å². The van der Waals surface area contributed by atoms with Gasteiger partial charge >= 0.3 is 0 Å². The number of ether oxygens (including phenoxy) is 1. The molecule has 0 radical (unpaired) electrons. The summed E-state index contributed by atoms with van der Waals surface area (Å²) >= 11 is 2.54. The summed E-state index contributed by atoms with van der Waals surface area (Å²) in [6, 6.07) is 9.91. The zero-order chi connectivity index (χ0) is 24.9. The Morgan fingerprint density at radius 2 is 2.06 bits per heavy atom. The summed E-state index contributed by atoms with van der Waals surface area (Å²) in [4.78, 5) is 39.7. The number of methoxy groups -OCH3 is 1. The number of piperidine rings is 1. The van der Waals surface area contributed by atoms with E-state index in [1.807, 2.05) is 6.07 Å². The number of carbonyl (C=O) groups is 2. The van der Waals surface area contributed by atoms with E-state index in [1.165, 1.54) is 0 Å². The molecule has 0 atom stereocenters. The van der Waals surface area contributed by atoms with Crippen LogP contribution in [0.5, 0.6) is 5.88 Å². The Morgan fingerprint density at radius 3 is 2.78 bits per heavy atom. The number of amides is 2. The Kier molecular flexibility index (Phi) is 7.59. The Hall–Kier alpha value is -3.28. The van der Waals surface area contributed by atoms with Crippen LogP contribution in [0, 0.1) is 5.92 Å². The van der Waals surface area contributed by atoms with Gasteiger partial charge in [0.05, 0.1) is 29.1 Å². The summed E-state index contributed by atoms with van der Waals surface area (Å²) in [5.74, 6) is 1.13. The second-order valence-corrected chi connectivity index (χ2v) is 10.4. The summed E-state index contributed by atoms with van der Waals surface area (Å²) in [7, 11) is 1.55. The number of carbonyl (C=O) groups excluding carboxylic acids is 2. The molecule has 9 nitrogen and oxygen atoms in total. The van der Waals surface area contributed by atoms with Crippen LogP contribution in [0.3, 0.4) is 0 Å². The second-order valence-electron chi connectivity index (χ2n) is 8.57. The van der Waals surface area contributed by atoms with E-state index in [4.69, 9.17) is 9.72 Å². The van der Waals surface area contributed by atoms with Gasteiger partial charge in [-0.15, -0.1) is 0 Å². The van der Waals surface area contributed by atoms with Gasteiger partial charge in [-0.05, 0) is 66.7 Å². The topological polar surface area (TPSA) is 109 Å². The maximum absolute atomic E-state index is 11.9. The first kappa shape index (κ1) is 24.4. The molecule has 5 rings (SSSR count). The van der Waals surface area contributed by atoms with Crippen LogP contribution in [-0.2, 0) is 11.3 Å². The van der Waals surface area contributed by atoms with E-state index >= 15 is 0 Å². The number of rotatable bonds is 8. The fourth-order valence-electron chi connectivity index (χ4n) is 4.20. The van der Waals surface area contributed by atoms with E-state index in [1.54, 1.807) is 30.6 Å². The first-order chi connectivity index (χ1) is 17.6. The normalized spacial score (nSPS) is 17.6. The fourth-order valence-corrected chi connectivity index (χ4v) is 5.51. The highest BCUT2D eigenvalue weighted by molar-refractivity contribution is 8.18. The molecule has 2 aliphatic rings. The molecule has 2 N–H and O–H groups in total. The standard InChI is InChI=1S/C25H26N6O3S2/c1-34-22-12-19(11-21-23(32)30-25(33)36-21)28-24(29-22)31-8-5-16(6-9-31)13-26-14-18-3-2-4-20(27-18)17-7-10-35-15-17/h2-4,7,10-12,15-16,26H,5-6,8-9,13-14H2,1H3,(H,30,32,33). The monoisotopic (exact) mass is 522 g/mol. The van der Waals surface area contributed by atoms with Gasteiger partial charge in [0.15, 0.2) is 0 Å². The lowest BCUT2D eigenvalue weighted by molar-refractivity contribution is -0.115. The Labute approximate surface area is 217 Å². The molecule has 0 spiro atoms. The Bertz CT molecular complexity index is 1270. The third-order valence-corrected chi connectivity index (χ3v) is 7.59. The lowest BCUT2D eigenvalue weighted by Gasteiger charge is -2.32. The highest BCUT2D eigenvalue weighted by Crippen LogP contribution is 2.28. The molecule has 0 bridgehead atoms. The smallest absolute Gasteiger partial charge is 0.290 e. The molecule has 3 aromatic rings. The average Bonchev–Trinajstić information content (AvgIpc) is 3.54. The first-order valence-corrected chi connectivity index (χ1v) is 13.5. The number of thiophene rings is 1. The molecule has 186 valence electrons. The third kappa shape index (κ3) is 5.92. The second kappa shape index (κ2) is 11.2. The van der Waals surface area contributed by atoms with E-state index < -0.39 is 5.91 Å². The predicted molar refractivity (Wildman–Crippen MR) is 142 cm³/mol. The van der Waals surface area contributed by atoms with E-state index in [0.717, 1.165) is 67.7 Å². The molecule has 0 unspecified atom stereocenters. The summed E-state index contributed by atoms with van der Waals surface area (Å²) < 4.78 is 5.35. The number of anilines is 1. The van der Waals surface area contributed by atoms with Crippen LogP contribution in [0.25, 0.3) is 17.3 Å². The Morgan fingerprint density at radius 1 is 1.19 bits per heavy atom. The maximum atomic E-state index is 11.9. The number of nitrogens with one attached hydrogen (secondary N) is 2. The zero-order valence-corrected chi connectivity index (χ0v) is 21.4. The van der Waals surface area contributed by atoms with Crippen molar-refractivity contribution in [2.75, 3.05) is 31.6 Å². The van der Waals surface area contributed by atoms with Crippen LogP contribution in [0.4, 0.5) is 10.7 Å². The van der Waals surface area contributed by atoms with Crippen molar-refractivity contribution in [1.29, 1.82) is 0 Å². The molecule has 2 saturated heterocycles. The van der Waals surface area contributed by atoms with Crippen molar-refractivity contribution in [1.82, 2.24) is 25.6 Å². The number of nitrogens with zero attached hydrogens (tertiary/aromatic N) is 4. The van der Waals surface area contributed by atoms with Crippen molar-refractivity contribution in [3.63, 3.8) is 0 Å². The van der Waals surface area contributed by atoms with Crippen LogP contribution in [-0.4, -0.2) is 52.8 Å². The molecule has 3 aromatic heterocycles. The van der Waals surface area contributed by atoms with Gasteiger partial charge in [-0.3, -0.25) is 19.9 Å². The van der Waals surface area contributed by atoms with Crippen LogP contribution < -0.4 is 20.3 Å². The van der Waals surface area contributed by atoms with E-state index in [2.05, 4.69) is 54.5 Å². The van der Waals surface area contributed by atoms with Crippen molar-refractivity contribution >= 4 is 46.3 Å². The van der Waals surface area contributed by atoms with Gasteiger partial charge in [-0.2, -0.15) is 16.3 Å². The van der Waals surface area contributed by atoms with E-state index in [-0.39, 0.29) is 5.24 Å². The number of thioether (sulfide) groups is 1. The molecule has 5 heterocycles. The highest BCUT2D eigenvalue weighted by Gasteiger charge is 2.26. The van der Waals surface area contributed by atoms with Crippen molar-refractivity contribution in [2.45, 2.75) is 19.4 Å². The molecule has 2 fully saturated rings. The highest BCUT2D eigenvalue weighted by atomic mass is 32.2. The number of imide groups is 1. The molecule has 0 saturated carbocycles. The minimum Gasteiger partial charge on any atom is -0.481 e. The minimum absolute atomic E-state index is 0.312. The number of hydrogen-bond donors (Lipinski definition) is 2. The van der Waals surface area contributed by atoms with Gasteiger partial charge in [0, 0.05) is 36.6 Å². The van der Waals surface area contributed by atoms with Crippen molar-refractivity contribution in [3.8, 4) is 17.1 Å². The van der Waals surface area contributed by atoms with Crippen LogP contribution >= 0.6 is 23.1 Å². The maximum Gasteiger partial charge on any atom is 0.290 e. The SMILES string of the molecule is COc1cc(C=C2SC(=O)NC2=O)nc(N2CCC(CNCc3cccc(-c4ccsc4)n3)CC2)n1. The lowest BCUT2D eigenvalue weighted by atomic mass is 9.97. The molecule has 2 aliphatic heterocycles. The Balaban J connectivity index is 1.16. The van der Waals surface area contributed by atoms with Crippen LogP contribution in [0.2, 0.25) is 0 Å². The molecule has 0 aromatic carbocycles. The minimum atomic E-state index is -0.411. The van der Waals surface area contributed by atoms with Crippen LogP contribution in [0.1, 0.15) is 24.2 Å². The van der Waals surface area contributed by atoms with Gasteiger partial charge in [0.2, 0.25) is 11.8 Å². The number of hydrogen-bond acceptors (Lipinski definition) is 10. The largest absolute Gasteiger partial charge is 0.481 e. The number of aromatic nitrogens is 3. The third-order valence-electron chi connectivity index (χ3n) is 6.10. The van der Waals surface area contributed by atoms with Crippen molar-refractivity contribution < 1.29 is 14.3 Å². The molecule has 0 aliphatic carbocycles. The molecular weight excluding hydrogens is 496 g/mol. The average molecular weight is 523 g/mol. The fraction of sp³-hybridized carbons (Fsp3) is 0.320. The van der Waals surface area contributed by atoms with Gasteiger partial charge < -0.3 is 15.0 Å². The van der Waals surface area contributed by atoms with Gasteiger partial charge in [-0.1, -0.05) is 6.07 Å². The summed E-state index contributed by atoms with van der Waals surface area (Å²) in [6.45, 7) is 3.32. The quantitative estimate of drug-likeness (QED) is 0.425. The summed E-state index contributed by atoms with van der Waals surface area (Å²) in [5.41, 5.74) is 3.74. The molecule has 2 amide bonds. The van der Waals surface area contributed by atoms with Gasteiger partial charge in [0.25, 0.3) is 11.1 Å². The summed E-state index contributed by atoms with van der Waals surface area (Å²) in [5, 5.41) is 9.63.